The first kappa shape index (κ1) is 10.5. The van der Waals surface area contributed by atoms with Crippen LogP contribution in [0.3, 0.4) is 0 Å². The van der Waals surface area contributed by atoms with Crippen molar-refractivity contribution < 1.29 is 19.4 Å². The number of benzene rings is 1. The number of carbonyl (C=O) groups excluding carboxylic acids is 1. The van der Waals surface area contributed by atoms with Crippen LogP contribution in [0, 0.1) is 0 Å². The molecule has 0 aliphatic heterocycles. The molecule has 4 nitrogen and oxygen atoms in total. The van der Waals surface area contributed by atoms with Gasteiger partial charge in [-0.15, -0.1) is 0 Å². The number of Topliss-reactive ketones (excluding diaryl/α,β-unsaturated/α-hetero) is 1. The molecule has 1 N–H and O–H groups in total. The molecule has 1 rings (SSSR count). The van der Waals surface area contributed by atoms with Crippen LogP contribution in [-0.2, 0) is 4.79 Å². The molecule has 0 aromatic heterocycles. The quantitative estimate of drug-likeness (QED) is 0.750. The average molecular weight is 196 g/mol. The van der Waals surface area contributed by atoms with E-state index in [2.05, 4.69) is 0 Å². The Morgan fingerprint density at radius 3 is 2.36 bits per heavy atom. The number of ether oxygens (including phenoxy) is 2. The van der Waals surface area contributed by atoms with E-state index in [9.17, 15) is 4.79 Å². The first-order valence-electron chi connectivity index (χ1n) is 4.15. The highest BCUT2D eigenvalue weighted by Crippen LogP contribution is 2.16. The first-order chi connectivity index (χ1) is 6.76. The third-order valence-electron chi connectivity index (χ3n) is 1.64. The highest BCUT2D eigenvalue weighted by Gasteiger charge is 2.00. The van der Waals surface area contributed by atoms with Crippen molar-refractivity contribution in [3.05, 3.63) is 24.3 Å². The van der Waals surface area contributed by atoms with Crippen LogP contribution < -0.4 is 9.47 Å². The number of ketones is 1. The predicted molar refractivity (Wildman–Crippen MR) is 50.6 cm³/mol. The van der Waals surface area contributed by atoms with Crippen LogP contribution in [0.1, 0.15) is 0 Å². The van der Waals surface area contributed by atoms with Crippen molar-refractivity contribution in [3.63, 3.8) is 0 Å². The van der Waals surface area contributed by atoms with Crippen molar-refractivity contribution in [1.29, 1.82) is 0 Å². The smallest absolute Gasteiger partial charge is 0.195 e. The number of rotatable bonds is 5. The van der Waals surface area contributed by atoms with Crippen LogP contribution >= 0.6 is 0 Å². The van der Waals surface area contributed by atoms with Gasteiger partial charge in [0.15, 0.2) is 5.78 Å². The molecule has 0 aliphatic rings. The van der Waals surface area contributed by atoms with Gasteiger partial charge in [0.1, 0.15) is 24.7 Å². The fourth-order valence-electron chi connectivity index (χ4n) is 0.881. The third kappa shape index (κ3) is 3.06. The van der Waals surface area contributed by atoms with Crippen molar-refractivity contribution in [2.24, 2.45) is 0 Å². The summed E-state index contributed by atoms with van der Waals surface area (Å²) in [5.41, 5.74) is 0. The fraction of sp³-hybridized carbons (Fsp3) is 0.300. The van der Waals surface area contributed by atoms with Gasteiger partial charge in [-0.05, 0) is 24.3 Å². The maximum atomic E-state index is 10.7. The van der Waals surface area contributed by atoms with Gasteiger partial charge < -0.3 is 14.6 Å². The molecule has 0 amide bonds. The fourth-order valence-corrected chi connectivity index (χ4v) is 0.881. The summed E-state index contributed by atoms with van der Waals surface area (Å²) in [5.74, 6) is 0.958. The Morgan fingerprint density at radius 1 is 1.29 bits per heavy atom. The Balaban J connectivity index is 2.47. The summed E-state index contributed by atoms with van der Waals surface area (Å²) >= 11 is 0. The van der Waals surface area contributed by atoms with Gasteiger partial charge in [0.05, 0.1) is 7.11 Å². The molecule has 0 spiro atoms. The minimum absolute atomic E-state index is 0.108. The molecule has 14 heavy (non-hydrogen) atoms. The zero-order chi connectivity index (χ0) is 10.4. The highest BCUT2D eigenvalue weighted by molar-refractivity contribution is 5.80. The summed E-state index contributed by atoms with van der Waals surface area (Å²) in [7, 11) is 1.57. The SMILES string of the molecule is COc1ccc(OCC(=O)CO)cc1. The highest BCUT2D eigenvalue weighted by atomic mass is 16.5. The van der Waals surface area contributed by atoms with Crippen molar-refractivity contribution in [2.75, 3.05) is 20.3 Å². The second kappa shape index (κ2) is 5.24. The molecule has 0 heterocycles. The number of aliphatic hydroxyl groups is 1. The van der Waals surface area contributed by atoms with E-state index >= 15 is 0 Å². The lowest BCUT2D eigenvalue weighted by Crippen LogP contribution is -2.14. The second-order valence-corrected chi connectivity index (χ2v) is 2.66. The largest absolute Gasteiger partial charge is 0.497 e. The molecule has 0 radical (unpaired) electrons. The standard InChI is InChI=1S/C10H12O4/c1-13-9-2-4-10(5-3-9)14-7-8(12)6-11/h2-5,11H,6-7H2,1H3. The van der Waals surface area contributed by atoms with Gasteiger partial charge in [-0.25, -0.2) is 0 Å². The van der Waals surface area contributed by atoms with Crippen molar-refractivity contribution in [1.82, 2.24) is 0 Å². The van der Waals surface area contributed by atoms with Crippen LogP contribution in [0.4, 0.5) is 0 Å². The molecular formula is C10H12O4. The lowest BCUT2D eigenvalue weighted by Gasteiger charge is -2.04. The van der Waals surface area contributed by atoms with E-state index < -0.39 is 6.61 Å². The molecule has 76 valence electrons. The average Bonchev–Trinajstić information content (AvgIpc) is 2.26. The lowest BCUT2D eigenvalue weighted by molar-refractivity contribution is -0.123. The summed E-state index contributed by atoms with van der Waals surface area (Å²) in [6.45, 7) is -0.598. The Bertz CT molecular complexity index is 291. The number of methoxy groups -OCH3 is 1. The number of carbonyl (C=O) groups is 1. The van der Waals surface area contributed by atoms with Gasteiger partial charge in [0.25, 0.3) is 0 Å². The topological polar surface area (TPSA) is 55.8 Å². The Kier molecular flexibility index (Phi) is 3.94. The predicted octanol–water partition coefficient (Wildman–Crippen LogP) is 0.635. The zero-order valence-electron chi connectivity index (χ0n) is 7.90. The van der Waals surface area contributed by atoms with E-state index in [0.717, 1.165) is 5.75 Å². The van der Waals surface area contributed by atoms with E-state index in [1.165, 1.54) is 0 Å². The summed E-state index contributed by atoms with van der Waals surface area (Å²) < 4.78 is 10.0. The Hall–Kier alpha value is -1.55. The molecule has 4 heteroatoms. The van der Waals surface area contributed by atoms with Crippen LogP contribution in [0.25, 0.3) is 0 Å². The molecule has 0 saturated heterocycles. The van der Waals surface area contributed by atoms with Crippen molar-refractivity contribution >= 4 is 5.78 Å². The minimum Gasteiger partial charge on any atom is -0.497 e. The molecule has 1 aromatic rings. The van der Waals surface area contributed by atoms with Crippen LogP contribution in [0.5, 0.6) is 11.5 Å². The first-order valence-corrected chi connectivity index (χ1v) is 4.15. The molecule has 0 atom stereocenters. The van der Waals surface area contributed by atoms with Gasteiger partial charge in [-0.1, -0.05) is 0 Å². The van der Waals surface area contributed by atoms with E-state index in [0.29, 0.717) is 5.75 Å². The van der Waals surface area contributed by atoms with E-state index in [-0.39, 0.29) is 12.4 Å². The normalized spacial score (nSPS) is 9.57. The van der Waals surface area contributed by atoms with Crippen LogP contribution in [0.15, 0.2) is 24.3 Å². The summed E-state index contributed by atoms with van der Waals surface area (Å²) in [6, 6.07) is 6.87. The van der Waals surface area contributed by atoms with Crippen molar-refractivity contribution in [3.8, 4) is 11.5 Å². The van der Waals surface area contributed by atoms with E-state index in [1.54, 1.807) is 31.4 Å². The number of hydrogen-bond donors (Lipinski definition) is 1. The summed E-state index contributed by atoms with van der Waals surface area (Å²) in [5, 5.41) is 8.45. The van der Waals surface area contributed by atoms with E-state index in [1.807, 2.05) is 0 Å². The maximum absolute atomic E-state index is 10.7. The minimum atomic E-state index is -0.490. The molecule has 0 aliphatic carbocycles. The van der Waals surface area contributed by atoms with Gasteiger partial charge in [0, 0.05) is 0 Å². The van der Waals surface area contributed by atoms with Gasteiger partial charge >= 0.3 is 0 Å². The second-order valence-electron chi connectivity index (χ2n) is 2.66. The Labute approximate surface area is 82.1 Å². The van der Waals surface area contributed by atoms with Gasteiger partial charge in [0.2, 0.25) is 0 Å². The van der Waals surface area contributed by atoms with Crippen molar-refractivity contribution in [2.45, 2.75) is 0 Å². The van der Waals surface area contributed by atoms with Gasteiger partial charge in [-0.3, -0.25) is 4.79 Å². The molecule has 1 aromatic carbocycles. The van der Waals surface area contributed by atoms with Crippen LogP contribution in [0.2, 0.25) is 0 Å². The third-order valence-corrected chi connectivity index (χ3v) is 1.64. The molecular weight excluding hydrogens is 184 g/mol. The van der Waals surface area contributed by atoms with Crippen LogP contribution in [-0.4, -0.2) is 31.2 Å². The zero-order valence-corrected chi connectivity index (χ0v) is 7.90. The number of hydrogen-bond acceptors (Lipinski definition) is 4. The lowest BCUT2D eigenvalue weighted by atomic mass is 10.3. The molecule has 0 bridgehead atoms. The Morgan fingerprint density at radius 2 is 1.86 bits per heavy atom. The molecule has 0 fully saturated rings. The summed E-state index contributed by atoms with van der Waals surface area (Å²) in [4.78, 5) is 10.7. The molecule has 0 saturated carbocycles. The summed E-state index contributed by atoms with van der Waals surface area (Å²) in [6.07, 6.45) is 0. The maximum Gasteiger partial charge on any atom is 0.195 e. The molecule has 0 unspecified atom stereocenters. The van der Waals surface area contributed by atoms with Gasteiger partial charge in [-0.2, -0.15) is 0 Å². The monoisotopic (exact) mass is 196 g/mol. The van der Waals surface area contributed by atoms with E-state index in [4.69, 9.17) is 14.6 Å². The number of aliphatic hydroxyl groups excluding tert-OH is 1.